The second-order valence-corrected chi connectivity index (χ2v) is 0.362. The summed E-state index contributed by atoms with van der Waals surface area (Å²) in [6.07, 6.45) is -7.00. The van der Waals surface area contributed by atoms with E-state index in [1.165, 1.54) is 0 Å². The Kier molecular flexibility index (Phi) is 0.367. The molecule has 0 heterocycles. The van der Waals surface area contributed by atoms with Crippen LogP contribution in [-0.4, -0.2) is 11.7 Å². The molecular weight excluding hydrogens is 64.0 g/mol. The normalized spacial score (nSPS) is 46.2. The summed E-state index contributed by atoms with van der Waals surface area (Å²) in [6.45, 7) is -6.92. The Bertz CT molecular complexity index is 186. The van der Waals surface area contributed by atoms with Crippen LogP contribution in [0.5, 0.6) is 0 Å². The Hall–Kier alpha value is -0.0400. The van der Waals surface area contributed by atoms with Crippen molar-refractivity contribution >= 4 is 0 Å². The first-order chi connectivity index (χ1) is 5.75. The van der Waals surface area contributed by atoms with Gasteiger partial charge in [-0.1, -0.05) is 13.2 Å². The molecule has 0 aliphatic heterocycles. The van der Waals surface area contributed by atoms with Crippen LogP contribution in [0.4, 0.5) is 0 Å². The average molecular weight is 83.2 g/mol. The minimum absolute atomic E-state index is 3.35. The summed E-state index contributed by atoms with van der Waals surface area (Å²) in [5, 5.41) is 8.71. The van der Waals surface area contributed by atoms with Crippen molar-refractivity contribution in [2.45, 2.75) is 19.6 Å². The summed E-state index contributed by atoms with van der Waals surface area (Å²) in [5.41, 5.74) is 0. The van der Waals surface area contributed by atoms with Crippen molar-refractivity contribution in [3.63, 3.8) is 0 Å². The molecule has 1 nitrogen and oxygen atoms in total. The van der Waals surface area contributed by atoms with Gasteiger partial charge < -0.3 is 5.11 Å². The summed E-state index contributed by atoms with van der Waals surface area (Å²) >= 11 is 0. The SMILES string of the molecule is [2H]C([2H])([2H])C([2H])([2H])C([2H])([2H])C([2H])([2H])O. The van der Waals surface area contributed by atoms with Crippen LogP contribution in [0, 0.1) is 0 Å². The van der Waals surface area contributed by atoms with E-state index in [1.54, 1.807) is 0 Å². The monoisotopic (exact) mass is 83.1 g/mol. The Morgan fingerprint density at radius 1 is 2.20 bits per heavy atom. The Labute approximate surface area is 45.3 Å². The van der Waals surface area contributed by atoms with Crippen molar-refractivity contribution < 1.29 is 17.4 Å². The van der Waals surface area contributed by atoms with Gasteiger partial charge in [-0.05, 0) is 6.37 Å². The van der Waals surface area contributed by atoms with Crippen LogP contribution >= 0.6 is 0 Å². The molecule has 0 aromatic heterocycles. The second kappa shape index (κ2) is 3.96. The molecule has 32 valence electrons. The molecule has 0 rings (SSSR count). The van der Waals surface area contributed by atoms with Gasteiger partial charge in [-0.2, -0.15) is 0 Å². The predicted molar refractivity (Wildman–Crippen MR) is 22.0 cm³/mol. The fourth-order valence-corrected chi connectivity index (χ4v) is 0.0280. The van der Waals surface area contributed by atoms with E-state index in [1.807, 2.05) is 0 Å². The molecule has 0 aromatic carbocycles. The standard InChI is InChI=1S/C4H10O/c1-2-3-4-5/h5H,2-4H2,1H3/i1D3,2D2,3D2,4D2. The minimum Gasteiger partial charge on any atom is -0.396 e. The van der Waals surface area contributed by atoms with Crippen molar-refractivity contribution in [3.8, 4) is 0 Å². The Balaban J connectivity index is 5.30. The molecule has 0 unspecified atom stereocenters. The molecule has 0 radical (unpaired) electrons. The molecule has 0 bridgehead atoms. The Morgan fingerprint density at radius 2 is 3.00 bits per heavy atom. The van der Waals surface area contributed by atoms with Gasteiger partial charge in [-0.25, -0.2) is 0 Å². The van der Waals surface area contributed by atoms with E-state index in [-0.39, 0.29) is 0 Å². The van der Waals surface area contributed by atoms with Gasteiger partial charge in [-0.3, -0.25) is 0 Å². The summed E-state index contributed by atoms with van der Waals surface area (Å²) in [7, 11) is 0. The first kappa shape index (κ1) is 0.463. The van der Waals surface area contributed by atoms with Crippen molar-refractivity contribution in [1.82, 2.24) is 0 Å². The van der Waals surface area contributed by atoms with Crippen LogP contribution < -0.4 is 0 Å². The molecule has 0 saturated carbocycles. The smallest absolute Gasteiger partial charge is 0.0564 e. The maximum Gasteiger partial charge on any atom is 0.0564 e. The lowest BCUT2D eigenvalue weighted by molar-refractivity contribution is 0.287. The number of hydrogen-bond donors (Lipinski definition) is 1. The first-order valence-electron chi connectivity index (χ1n) is 5.47. The molecule has 0 aliphatic carbocycles. The van der Waals surface area contributed by atoms with E-state index in [0.717, 1.165) is 0 Å². The molecule has 0 saturated heterocycles. The highest BCUT2D eigenvalue weighted by molar-refractivity contribution is 4.23. The lowest BCUT2D eigenvalue weighted by Crippen LogP contribution is -1.75. The fourth-order valence-electron chi connectivity index (χ4n) is 0.0280. The van der Waals surface area contributed by atoms with E-state index in [4.69, 9.17) is 17.4 Å². The van der Waals surface area contributed by atoms with E-state index < -0.39 is 26.2 Å². The van der Waals surface area contributed by atoms with Gasteiger partial charge in [0.15, 0.2) is 0 Å². The van der Waals surface area contributed by atoms with Gasteiger partial charge in [0.05, 0.1) is 2.74 Å². The van der Waals surface area contributed by atoms with E-state index in [0.29, 0.717) is 0 Å². The lowest BCUT2D eigenvalue weighted by atomic mass is 10.4. The third-order valence-corrected chi connectivity index (χ3v) is 0.118. The third kappa shape index (κ3) is 3.96. The zero-order valence-electron chi connectivity index (χ0n) is 11.4. The molecule has 0 spiro atoms. The fraction of sp³-hybridized carbons (Fsp3) is 1.00. The quantitative estimate of drug-likeness (QED) is 0.523. The lowest BCUT2D eigenvalue weighted by Gasteiger charge is -1.79. The number of rotatable bonds is 2. The highest BCUT2D eigenvalue weighted by Crippen LogP contribution is 1.78. The average Bonchev–Trinajstić information content (AvgIpc) is 1.81. The van der Waals surface area contributed by atoms with Crippen molar-refractivity contribution in [2.24, 2.45) is 0 Å². The van der Waals surface area contributed by atoms with Gasteiger partial charge in [0.2, 0.25) is 0 Å². The highest BCUT2D eigenvalue weighted by atomic mass is 16.2. The number of hydrogen-bond acceptors (Lipinski definition) is 1. The molecule has 0 aliphatic rings. The molecule has 5 heavy (non-hydrogen) atoms. The van der Waals surface area contributed by atoms with E-state index in [9.17, 15) is 0 Å². The van der Waals surface area contributed by atoms with Crippen molar-refractivity contribution in [2.75, 3.05) is 6.56 Å². The molecule has 0 fully saturated rings. The van der Waals surface area contributed by atoms with Gasteiger partial charge in [0, 0.05) is 16.2 Å². The van der Waals surface area contributed by atoms with Crippen LogP contribution in [0.2, 0.25) is 0 Å². The Morgan fingerprint density at radius 3 is 3.20 bits per heavy atom. The minimum atomic E-state index is -3.56. The summed E-state index contributed by atoms with van der Waals surface area (Å²) in [4.78, 5) is 0. The van der Waals surface area contributed by atoms with Gasteiger partial charge >= 0.3 is 0 Å². The topological polar surface area (TPSA) is 20.2 Å². The zero-order chi connectivity index (χ0) is 12.0. The van der Waals surface area contributed by atoms with Crippen molar-refractivity contribution in [1.29, 1.82) is 0 Å². The molecular formula is C4H10O. The van der Waals surface area contributed by atoms with Crippen LogP contribution in [0.25, 0.3) is 0 Å². The highest BCUT2D eigenvalue weighted by Gasteiger charge is 1.69. The number of aliphatic hydroxyl groups is 1. The molecule has 1 heteroatoms. The molecule has 0 amide bonds. The summed E-state index contributed by atoms with van der Waals surface area (Å²) in [6, 6.07) is 0. The van der Waals surface area contributed by atoms with Crippen LogP contribution in [0.1, 0.15) is 31.9 Å². The first-order valence-corrected chi connectivity index (χ1v) is 0.974. The summed E-state index contributed by atoms with van der Waals surface area (Å²) in [5.74, 6) is 0. The van der Waals surface area contributed by atoms with Gasteiger partial charge in [0.25, 0.3) is 0 Å². The van der Waals surface area contributed by atoms with E-state index in [2.05, 4.69) is 0 Å². The maximum absolute atomic E-state index is 8.71. The molecule has 1 N–H and O–H groups in total. The second-order valence-electron chi connectivity index (χ2n) is 0.362. The van der Waals surface area contributed by atoms with E-state index >= 15 is 0 Å². The van der Waals surface area contributed by atoms with Gasteiger partial charge in [-0.15, -0.1) is 0 Å². The van der Waals surface area contributed by atoms with Crippen LogP contribution in [-0.2, 0) is 0 Å². The van der Waals surface area contributed by atoms with Crippen LogP contribution in [0.3, 0.4) is 0 Å². The molecule has 0 aromatic rings. The largest absolute Gasteiger partial charge is 0.396 e. The summed E-state index contributed by atoms with van der Waals surface area (Å²) < 4.78 is 61.2. The third-order valence-electron chi connectivity index (χ3n) is 0.118. The maximum atomic E-state index is 8.71. The predicted octanol–water partition coefficient (Wildman–Crippen LogP) is 0.779. The van der Waals surface area contributed by atoms with Crippen LogP contribution in [0.15, 0.2) is 0 Å². The zero-order valence-corrected chi connectivity index (χ0v) is 2.45. The molecule has 0 atom stereocenters. The van der Waals surface area contributed by atoms with Gasteiger partial charge in [0.1, 0.15) is 0 Å². The van der Waals surface area contributed by atoms with Crippen molar-refractivity contribution in [3.05, 3.63) is 0 Å².